The van der Waals surface area contributed by atoms with E-state index in [1.54, 1.807) is 12.1 Å². The predicted octanol–water partition coefficient (Wildman–Crippen LogP) is 1.48. The van der Waals surface area contributed by atoms with Crippen molar-refractivity contribution in [1.29, 1.82) is 0 Å². The Hall–Kier alpha value is -0.640. The van der Waals surface area contributed by atoms with Gasteiger partial charge < -0.3 is 0 Å². The number of hydrazine groups is 1. The first-order chi connectivity index (χ1) is 5.74. The minimum Gasteiger partial charge on any atom is -0.271 e. The van der Waals surface area contributed by atoms with Crippen molar-refractivity contribution in [3.05, 3.63) is 34.6 Å². The van der Waals surface area contributed by atoms with Crippen molar-refractivity contribution in [3.63, 3.8) is 0 Å². The third kappa shape index (κ3) is 2.44. The summed E-state index contributed by atoms with van der Waals surface area (Å²) in [6.07, 6.45) is 0.569. The minimum atomic E-state index is -0.280. The molecule has 0 aliphatic carbocycles. The van der Waals surface area contributed by atoms with Gasteiger partial charge in [-0.1, -0.05) is 17.7 Å². The fourth-order valence-corrected chi connectivity index (χ4v) is 1.09. The normalized spacial score (nSPS) is 10.2. The van der Waals surface area contributed by atoms with Crippen molar-refractivity contribution in [2.24, 2.45) is 5.84 Å². The van der Waals surface area contributed by atoms with E-state index in [1.165, 1.54) is 6.07 Å². The molecule has 0 aliphatic heterocycles. The molecule has 0 aliphatic rings. The summed E-state index contributed by atoms with van der Waals surface area (Å²) < 4.78 is 13.0. The van der Waals surface area contributed by atoms with E-state index < -0.39 is 0 Å². The Morgan fingerprint density at radius 2 is 2.25 bits per heavy atom. The molecule has 0 amide bonds. The SMILES string of the molecule is NNCCc1ccc(Cl)cc1F. The minimum absolute atomic E-state index is 0.280. The summed E-state index contributed by atoms with van der Waals surface area (Å²) in [4.78, 5) is 0. The first kappa shape index (κ1) is 9.45. The lowest BCUT2D eigenvalue weighted by molar-refractivity contribution is 0.601. The molecule has 0 saturated heterocycles. The zero-order chi connectivity index (χ0) is 8.97. The van der Waals surface area contributed by atoms with E-state index in [1.807, 2.05) is 0 Å². The van der Waals surface area contributed by atoms with Crippen LogP contribution in [0.15, 0.2) is 18.2 Å². The highest BCUT2D eigenvalue weighted by molar-refractivity contribution is 6.30. The highest BCUT2D eigenvalue weighted by Crippen LogP contribution is 2.14. The van der Waals surface area contributed by atoms with E-state index in [4.69, 9.17) is 17.4 Å². The van der Waals surface area contributed by atoms with E-state index in [-0.39, 0.29) is 5.82 Å². The van der Waals surface area contributed by atoms with Gasteiger partial charge in [0.1, 0.15) is 5.82 Å². The maximum Gasteiger partial charge on any atom is 0.127 e. The van der Waals surface area contributed by atoms with Crippen LogP contribution in [-0.2, 0) is 6.42 Å². The van der Waals surface area contributed by atoms with Gasteiger partial charge in [0.05, 0.1) is 0 Å². The van der Waals surface area contributed by atoms with E-state index in [2.05, 4.69) is 5.43 Å². The number of halogens is 2. The van der Waals surface area contributed by atoms with Gasteiger partial charge in [0.25, 0.3) is 0 Å². The van der Waals surface area contributed by atoms with Crippen molar-refractivity contribution < 1.29 is 4.39 Å². The molecule has 3 N–H and O–H groups in total. The molecule has 0 radical (unpaired) electrons. The molecule has 0 aromatic heterocycles. The highest BCUT2D eigenvalue weighted by Gasteiger charge is 2.01. The molecule has 0 atom stereocenters. The molecule has 2 nitrogen and oxygen atoms in total. The van der Waals surface area contributed by atoms with Crippen molar-refractivity contribution in [3.8, 4) is 0 Å². The number of benzene rings is 1. The number of rotatable bonds is 3. The largest absolute Gasteiger partial charge is 0.271 e. The van der Waals surface area contributed by atoms with E-state index in [0.29, 0.717) is 23.6 Å². The molecule has 4 heteroatoms. The van der Waals surface area contributed by atoms with Crippen LogP contribution in [0, 0.1) is 5.82 Å². The lowest BCUT2D eigenvalue weighted by Crippen LogP contribution is -2.24. The quantitative estimate of drug-likeness (QED) is 0.557. The summed E-state index contributed by atoms with van der Waals surface area (Å²) >= 11 is 5.57. The molecular weight excluding hydrogens is 179 g/mol. The highest BCUT2D eigenvalue weighted by atomic mass is 35.5. The summed E-state index contributed by atoms with van der Waals surface area (Å²) in [5, 5.41) is 0.414. The van der Waals surface area contributed by atoms with Crippen LogP contribution in [0.3, 0.4) is 0 Å². The first-order valence-corrected chi connectivity index (χ1v) is 3.99. The predicted molar refractivity (Wildman–Crippen MR) is 47.3 cm³/mol. The molecular formula is C8H10ClFN2. The maximum absolute atomic E-state index is 13.0. The van der Waals surface area contributed by atoms with Crippen LogP contribution < -0.4 is 11.3 Å². The summed E-state index contributed by atoms with van der Waals surface area (Å²) in [5.74, 6) is 4.78. The topological polar surface area (TPSA) is 38.0 Å². The molecule has 1 aromatic rings. The van der Waals surface area contributed by atoms with Crippen molar-refractivity contribution in [1.82, 2.24) is 5.43 Å². The van der Waals surface area contributed by atoms with Crippen LogP contribution in [0.25, 0.3) is 0 Å². The Kier molecular flexibility index (Phi) is 3.47. The molecule has 66 valence electrons. The zero-order valence-corrected chi connectivity index (χ0v) is 7.24. The molecule has 0 bridgehead atoms. The Morgan fingerprint density at radius 3 is 2.83 bits per heavy atom. The maximum atomic E-state index is 13.0. The summed E-state index contributed by atoms with van der Waals surface area (Å²) in [6.45, 7) is 0.554. The van der Waals surface area contributed by atoms with E-state index >= 15 is 0 Å². The van der Waals surface area contributed by atoms with Crippen molar-refractivity contribution >= 4 is 11.6 Å². The van der Waals surface area contributed by atoms with Gasteiger partial charge in [0.15, 0.2) is 0 Å². The summed E-state index contributed by atoms with van der Waals surface area (Å²) in [7, 11) is 0. The molecule has 0 heterocycles. The zero-order valence-electron chi connectivity index (χ0n) is 6.48. The monoisotopic (exact) mass is 188 g/mol. The smallest absolute Gasteiger partial charge is 0.127 e. The lowest BCUT2D eigenvalue weighted by atomic mass is 10.1. The van der Waals surface area contributed by atoms with Crippen LogP contribution >= 0.6 is 11.6 Å². The molecule has 12 heavy (non-hydrogen) atoms. The standard InChI is InChI=1S/C8H10ClFN2/c9-7-2-1-6(3-4-12-11)8(10)5-7/h1-2,5,12H,3-4,11H2. The average molecular weight is 189 g/mol. The summed E-state index contributed by atoms with van der Waals surface area (Å²) in [6, 6.07) is 4.62. The van der Waals surface area contributed by atoms with Crippen LogP contribution in [0.1, 0.15) is 5.56 Å². The fourth-order valence-electron chi connectivity index (χ4n) is 0.931. The number of hydrogen-bond donors (Lipinski definition) is 2. The number of nitrogens with one attached hydrogen (secondary N) is 1. The molecule has 1 aromatic carbocycles. The third-order valence-electron chi connectivity index (χ3n) is 1.55. The van der Waals surface area contributed by atoms with Crippen LogP contribution in [-0.4, -0.2) is 6.54 Å². The number of hydrogen-bond acceptors (Lipinski definition) is 2. The first-order valence-electron chi connectivity index (χ1n) is 3.61. The van der Waals surface area contributed by atoms with Gasteiger partial charge in [0.2, 0.25) is 0 Å². The van der Waals surface area contributed by atoms with Gasteiger partial charge in [-0.15, -0.1) is 0 Å². The van der Waals surface area contributed by atoms with Crippen molar-refractivity contribution in [2.75, 3.05) is 6.54 Å². The van der Waals surface area contributed by atoms with Gasteiger partial charge in [-0.2, -0.15) is 0 Å². The van der Waals surface area contributed by atoms with Crippen LogP contribution in [0.2, 0.25) is 5.02 Å². The van der Waals surface area contributed by atoms with Gasteiger partial charge in [0, 0.05) is 11.6 Å². The van der Waals surface area contributed by atoms with E-state index in [9.17, 15) is 4.39 Å². The number of nitrogens with two attached hydrogens (primary N) is 1. The third-order valence-corrected chi connectivity index (χ3v) is 1.79. The van der Waals surface area contributed by atoms with Crippen LogP contribution in [0.5, 0.6) is 0 Å². The molecule has 0 fully saturated rings. The van der Waals surface area contributed by atoms with Crippen LogP contribution in [0.4, 0.5) is 4.39 Å². The Balaban J connectivity index is 2.72. The molecule has 0 unspecified atom stereocenters. The lowest BCUT2D eigenvalue weighted by Gasteiger charge is -2.02. The fraction of sp³-hybridized carbons (Fsp3) is 0.250. The van der Waals surface area contributed by atoms with Gasteiger partial charge >= 0.3 is 0 Å². The molecule has 1 rings (SSSR count). The second-order valence-electron chi connectivity index (χ2n) is 2.44. The molecule has 0 saturated carbocycles. The second-order valence-corrected chi connectivity index (χ2v) is 2.88. The molecule has 0 spiro atoms. The second kappa shape index (κ2) is 4.40. The van der Waals surface area contributed by atoms with E-state index in [0.717, 1.165) is 0 Å². The average Bonchev–Trinajstić information content (AvgIpc) is 2.03. The Bertz CT molecular complexity index is 265. The van der Waals surface area contributed by atoms with Gasteiger partial charge in [-0.3, -0.25) is 11.3 Å². The summed E-state index contributed by atoms with van der Waals surface area (Å²) in [5.41, 5.74) is 3.08. The van der Waals surface area contributed by atoms with Crippen molar-refractivity contribution in [2.45, 2.75) is 6.42 Å². The Morgan fingerprint density at radius 1 is 1.50 bits per heavy atom. The van der Waals surface area contributed by atoms with Gasteiger partial charge in [-0.25, -0.2) is 4.39 Å². The Labute approximate surface area is 75.5 Å². The van der Waals surface area contributed by atoms with Gasteiger partial charge in [-0.05, 0) is 24.1 Å².